The number of primary amides is 1. The minimum absolute atomic E-state index is 0.170. The van der Waals surface area contributed by atoms with E-state index >= 15 is 0 Å². The van der Waals surface area contributed by atoms with Crippen molar-refractivity contribution in [3.63, 3.8) is 0 Å². The number of benzene rings is 3. The van der Waals surface area contributed by atoms with E-state index in [-0.39, 0.29) is 11.4 Å². The first-order chi connectivity index (χ1) is 17.1. The molecule has 9 heteroatoms. The second-order valence-electron chi connectivity index (χ2n) is 9.15. The molecule has 36 heavy (non-hydrogen) atoms. The van der Waals surface area contributed by atoms with E-state index < -0.39 is 17.5 Å². The Labute approximate surface area is 209 Å². The van der Waals surface area contributed by atoms with Gasteiger partial charge in [0, 0.05) is 16.9 Å². The standard InChI is InChI=1S/C27H28N6O3/c1-27(2,3)33-24(28)22(25(29)34)23(32-33)17-9-11-18(12-10-17)30-26(35)31-19-13-15-21(16-14-19)36-20-7-5-4-6-8-20/h4-16H,28H2,1-3H3,(H2,29,34)(H2,30,31,35). The summed E-state index contributed by atoms with van der Waals surface area (Å²) >= 11 is 0. The summed E-state index contributed by atoms with van der Waals surface area (Å²) in [4.78, 5) is 24.5. The molecule has 6 N–H and O–H groups in total. The van der Waals surface area contributed by atoms with Crippen LogP contribution in [0.25, 0.3) is 11.3 Å². The number of ether oxygens (including phenoxy) is 1. The molecule has 0 saturated carbocycles. The molecule has 4 aromatic rings. The van der Waals surface area contributed by atoms with Gasteiger partial charge in [0.25, 0.3) is 5.91 Å². The Morgan fingerprint density at radius 2 is 1.36 bits per heavy atom. The highest BCUT2D eigenvalue weighted by atomic mass is 16.5. The zero-order valence-electron chi connectivity index (χ0n) is 20.3. The highest BCUT2D eigenvalue weighted by Gasteiger charge is 2.26. The van der Waals surface area contributed by atoms with Gasteiger partial charge >= 0.3 is 6.03 Å². The van der Waals surface area contributed by atoms with E-state index in [1.54, 1.807) is 53.2 Å². The number of carbonyl (C=O) groups excluding carboxylic acids is 2. The minimum Gasteiger partial charge on any atom is -0.457 e. The molecule has 0 fully saturated rings. The van der Waals surface area contributed by atoms with E-state index in [0.717, 1.165) is 5.75 Å². The highest BCUT2D eigenvalue weighted by Crippen LogP contribution is 2.31. The van der Waals surface area contributed by atoms with Crippen LogP contribution in [0.3, 0.4) is 0 Å². The lowest BCUT2D eigenvalue weighted by atomic mass is 10.1. The maximum absolute atomic E-state index is 12.5. The third kappa shape index (κ3) is 5.47. The lowest BCUT2D eigenvalue weighted by Crippen LogP contribution is -2.25. The molecule has 0 saturated heterocycles. The van der Waals surface area contributed by atoms with E-state index in [2.05, 4.69) is 15.7 Å². The Bertz CT molecular complexity index is 1370. The van der Waals surface area contributed by atoms with Gasteiger partial charge < -0.3 is 26.8 Å². The fraction of sp³-hybridized carbons (Fsp3) is 0.148. The number of anilines is 3. The summed E-state index contributed by atoms with van der Waals surface area (Å²) in [5.41, 5.74) is 13.7. The summed E-state index contributed by atoms with van der Waals surface area (Å²) in [7, 11) is 0. The number of nitrogens with zero attached hydrogens (tertiary/aromatic N) is 2. The van der Waals surface area contributed by atoms with Crippen LogP contribution in [0.4, 0.5) is 22.0 Å². The molecular formula is C27H28N6O3. The summed E-state index contributed by atoms with van der Waals surface area (Å²) in [6.07, 6.45) is 0. The van der Waals surface area contributed by atoms with Crippen molar-refractivity contribution in [2.24, 2.45) is 5.73 Å². The lowest BCUT2D eigenvalue weighted by molar-refractivity contribution is 0.100. The first kappa shape index (κ1) is 24.3. The Balaban J connectivity index is 1.42. The average Bonchev–Trinajstić information content (AvgIpc) is 3.19. The lowest BCUT2D eigenvalue weighted by Gasteiger charge is -2.20. The molecule has 184 valence electrons. The van der Waals surface area contributed by atoms with Crippen molar-refractivity contribution in [2.45, 2.75) is 26.3 Å². The minimum atomic E-state index is -0.653. The van der Waals surface area contributed by atoms with E-state index in [4.69, 9.17) is 16.2 Å². The number of para-hydroxylation sites is 1. The van der Waals surface area contributed by atoms with Crippen molar-refractivity contribution in [3.05, 3.63) is 84.4 Å². The normalized spacial score (nSPS) is 11.1. The van der Waals surface area contributed by atoms with Gasteiger partial charge in [-0.3, -0.25) is 4.79 Å². The van der Waals surface area contributed by atoms with Gasteiger partial charge in [-0.25, -0.2) is 9.48 Å². The second kappa shape index (κ2) is 9.83. The van der Waals surface area contributed by atoms with Crippen LogP contribution in [-0.4, -0.2) is 21.7 Å². The van der Waals surface area contributed by atoms with Crippen molar-refractivity contribution in [1.82, 2.24) is 9.78 Å². The SMILES string of the molecule is CC(C)(C)n1nc(-c2ccc(NC(=O)Nc3ccc(Oc4ccccc4)cc3)cc2)c(C(N)=O)c1N. The molecule has 0 aliphatic rings. The summed E-state index contributed by atoms with van der Waals surface area (Å²) in [6, 6.07) is 23.0. The van der Waals surface area contributed by atoms with Crippen LogP contribution >= 0.6 is 0 Å². The number of aromatic nitrogens is 2. The first-order valence-electron chi connectivity index (χ1n) is 11.3. The van der Waals surface area contributed by atoms with Crippen molar-refractivity contribution in [2.75, 3.05) is 16.4 Å². The number of hydrogen-bond donors (Lipinski definition) is 4. The van der Waals surface area contributed by atoms with Gasteiger partial charge in [0.2, 0.25) is 0 Å². The zero-order valence-corrected chi connectivity index (χ0v) is 20.3. The molecule has 1 aromatic heterocycles. The van der Waals surface area contributed by atoms with E-state index in [0.29, 0.717) is 28.4 Å². The molecule has 0 aliphatic carbocycles. The van der Waals surface area contributed by atoms with Gasteiger partial charge in [-0.1, -0.05) is 30.3 Å². The van der Waals surface area contributed by atoms with E-state index in [9.17, 15) is 9.59 Å². The van der Waals surface area contributed by atoms with Crippen LogP contribution in [0.1, 0.15) is 31.1 Å². The molecule has 3 aromatic carbocycles. The van der Waals surface area contributed by atoms with Crippen LogP contribution < -0.4 is 26.8 Å². The first-order valence-corrected chi connectivity index (χ1v) is 11.3. The third-order valence-corrected chi connectivity index (χ3v) is 5.31. The third-order valence-electron chi connectivity index (χ3n) is 5.31. The van der Waals surface area contributed by atoms with Crippen molar-refractivity contribution < 1.29 is 14.3 Å². The maximum atomic E-state index is 12.5. The van der Waals surface area contributed by atoms with Crippen molar-refractivity contribution >= 4 is 29.1 Å². The molecule has 4 rings (SSSR count). The molecule has 3 amide bonds. The van der Waals surface area contributed by atoms with E-state index in [1.807, 2.05) is 51.1 Å². The fourth-order valence-corrected chi connectivity index (χ4v) is 3.62. The Hall–Kier alpha value is -4.79. The summed E-state index contributed by atoms with van der Waals surface area (Å²) in [5, 5.41) is 10.1. The van der Waals surface area contributed by atoms with Crippen molar-refractivity contribution in [3.8, 4) is 22.8 Å². The van der Waals surface area contributed by atoms with E-state index in [1.165, 1.54) is 0 Å². The second-order valence-corrected chi connectivity index (χ2v) is 9.15. The predicted octanol–water partition coefficient (Wildman–Crippen LogP) is 5.42. The molecule has 1 heterocycles. The summed E-state index contributed by atoms with van der Waals surface area (Å²) in [6.45, 7) is 5.79. The van der Waals surface area contributed by atoms with Crippen LogP contribution in [0, 0.1) is 0 Å². The quantitative estimate of drug-likeness (QED) is 0.289. The fourth-order valence-electron chi connectivity index (χ4n) is 3.62. The number of nitrogen functional groups attached to an aromatic ring is 1. The topological polar surface area (TPSA) is 137 Å². The van der Waals surface area contributed by atoms with Gasteiger partial charge in [0.15, 0.2) is 0 Å². The number of amides is 3. The van der Waals surface area contributed by atoms with Crippen LogP contribution in [0.15, 0.2) is 78.9 Å². The summed E-state index contributed by atoms with van der Waals surface area (Å²) < 4.78 is 7.34. The van der Waals surface area contributed by atoms with Gasteiger partial charge in [-0.15, -0.1) is 0 Å². The Morgan fingerprint density at radius 3 is 1.89 bits per heavy atom. The largest absolute Gasteiger partial charge is 0.457 e. The predicted molar refractivity (Wildman–Crippen MR) is 141 cm³/mol. The molecule has 9 nitrogen and oxygen atoms in total. The number of hydrogen-bond acceptors (Lipinski definition) is 5. The summed E-state index contributed by atoms with van der Waals surface area (Å²) in [5.74, 6) is 0.953. The molecular weight excluding hydrogens is 456 g/mol. The Kier molecular flexibility index (Phi) is 6.64. The van der Waals surface area contributed by atoms with Gasteiger partial charge in [0.05, 0.1) is 5.54 Å². The molecule has 0 radical (unpaired) electrons. The van der Waals surface area contributed by atoms with Crippen LogP contribution in [0.2, 0.25) is 0 Å². The van der Waals surface area contributed by atoms with Crippen molar-refractivity contribution in [1.29, 1.82) is 0 Å². The average molecular weight is 485 g/mol. The number of nitrogens with one attached hydrogen (secondary N) is 2. The molecule has 0 aliphatic heterocycles. The monoisotopic (exact) mass is 484 g/mol. The smallest absolute Gasteiger partial charge is 0.323 e. The molecule has 0 atom stereocenters. The Morgan fingerprint density at radius 1 is 0.833 bits per heavy atom. The maximum Gasteiger partial charge on any atom is 0.323 e. The number of nitrogens with two attached hydrogens (primary N) is 2. The number of rotatable bonds is 6. The highest BCUT2D eigenvalue weighted by molar-refractivity contribution is 6.03. The molecule has 0 bridgehead atoms. The van der Waals surface area contributed by atoms with Crippen LogP contribution in [0.5, 0.6) is 11.5 Å². The number of urea groups is 1. The zero-order chi connectivity index (χ0) is 25.9. The van der Waals surface area contributed by atoms with Gasteiger partial charge in [0.1, 0.15) is 28.6 Å². The molecule has 0 unspecified atom stereocenters. The van der Waals surface area contributed by atoms with Gasteiger partial charge in [-0.2, -0.15) is 5.10 Å². The number of carbonyl (C=O) groups is 2. The van der Waals surface area contributed by atoms with Crippen LogP contribution in [-0.2, 0) is 5.54 Å². The molecule has 0 spiro atoms. The van der Waals surface area contributed by atoms with Gasteiger partial charge in [-0.05, 0) is 69.3 Å².